The number of benzene rings is 2. The van der Waals surface area contributed by atoms with Gasteiger partial charge in [0, 0.05) is 24.5 Å². The Morgan fingerprint density at radius 2 is 1.27 bits per heavy atom. The highest BCUT2D eigenvalue weighted by molar-refractivity contribution is 8.22. The van der Waals surface area contributed by atoms with E-state index in [4.69, 9.17) is 12.2 Å². The number of anilines is 4. The molecule has 1 heterocycles. The van der Waals surface area contributed by atoms with Gasteiger partial charge in [-0.1, -0.05) is 12.2 Å². The van der Waals surface area contributed by atoms with Crippen LogP contribution in [0.1, 0.15) is 13.8 Å². The summed E-state index contributed by atoms with van der Waals surface area (Å²) >= 11 is 6.75. The fourth-order valence-electron chi connectivity index (χ4n) is 2.46. The van der Waals surface area contributed by atoms with Gasteiger partial charge in [0.25, 0.3) is 0 Å². The molecule has 3 aromatic rings. The molecular weight excluding hydrogens is 426 g/mol. The molecule has 0 fully saturated rings. The maximum atomic E-state index is 13.2. The van der Waals surface area contributed by atoms with Crippen LogP contribution in [-0.2, 0) is 0 Å². The van der Waals surface area contributed by atoms with Gasteiger partial charge < -0.3 is 15.5 Å². The van der Waals surface area contributed by atoms with Gasteiger partial charge in [0.05, 0.1) is 0 Å². The fraction of sp³-hybridized carbons (Fsp3) is 0.200. The van der Waals surface area contributed by atoms with Crippen molar-refractivity contribution < 1.29 is 8.78 Å². The molecule has 0 aliphatic heterocycles. The second-order valence-electron chi connectivity index (χ2n) is 6.07. The summed E-state index contributed by atoms with van der Waals surface area (Å²) in [5.74, 6) is -0.136. The zero-order valence-corrected chi connectivity index (χ0v) is 18.0. The summed E-state index contributed by atoms with van der Waals surface area (Å²) < 4.78 is 27.0. The molecule has 0 saturated carbocycles. The molecule has 0 aliphatic rings. The molecule has 6 nitrogen and oxygen atoms in total. The van der Waals surface area contributed by atoms with Crippen molar-refractivity contribution in [3.8, 4) is 0 Å². The molecule has 0 spiro atoms. The normalized spacial score (nSPS) is 10.5. The summed E-state index contributed by atoms with van der Waals surface area (Å²) in [7, 11) is 0. The van der Waals surface area contributed by atoms with Gasteiger partial charge in [-0.05, 0) is 74.1 Å². The van der Waals surface area contributed by atoms with Gasteiger partial charge in [0.2, 0.25) is 17.1 Å². The average Bonchev–Trinajstić information content (AvgIpc) is 2.72. The Kier molecular flexibility index (Phi) is 7.47. The molecule has 1 aromatic heterocycles. The highest BCUT2D eigenvalue weighted by atomic mass is 32.2. The second-order valence-corrected chi connectivity index (χ2v) is 7.67. The standard InChI is InChI=1S/C20H20F2N6S2/c1-3-28(4-2)20(29)30-19-26-17(23-15-9-5-13(21)6-10-15)25-18(27-19)24-16-11-7-14(22)8-12-16/h5-12H,3-4H2,1-2H3,(H2,23,24,25,26,27). The first-order chi connectivity index (χ1) is 14.5. The topological polar surface area (TPSA) is 66.0 Å². The number of thiocarbonyl (C=S) groups is 1. The molecule has 3 rings (SSSR count). The first kappa shape index (κ1) is 21.8. The maximum absolute atomic E-state index is 13.2. The quantitative estimate of drug-likeness (QED) is 0.372. The molecule has 0 unspecified atom stereocenters. The number of aromatic nitrogens is 3. The third-order valence-corrected chi connectivity index (χ3v) is 5.32. The van der Waals surface area contributed by atoms with E-state index in [1.165, 1.54) is 36.0 Å². The first-order valence-corrected chi connectivity index (χ1v) is 10.5. The Balaban J connectivity index is 1.88. The zero-order valence-electron chi connectivity index (χ0n) is 16.4. The minimum atomic E-state index is -0.337. The molecule has 30 heavy (non-hydrogen) atoms. The van der Waals surface area contributed by atoms with E-state index in [1.54, 1.807) is 24.3 Å². The van der Waals surface area contributed by atoms with Crippen LogP contribution in [0.25, 0.3) is 0 Å². The minimum absolute atomic E-state index is 0.270. The molecule has 0 aliphatic carbocycles. The second kappa shape index (κ2) is 10.3. The monoisotopic (exact) mass is 446 g/mol. The van der Waals surface area contributed by atoms with E-state index in [9.17, 15) is 8.78 Å². The number of nitrogens with zero attached hydrogens (tertiary/aromatic N) is 4. The van der Waals surface area contributed by atoms with E-state index >= 15 is 0 Å². The van der Waals surface area contributed by atoms with Crippen LogP contribution >= 0.6 is 24.0 Å². The van der Waals surface area contributed by atoms with Crippen molar-refractivity contribution in [3.63, 3.8) is 0 Å². The highest BCUT2D eigenvalue weighted by Gasteiger charge is 2.13. The number of nitrogens with one attached hydrogen (secondary N) is 2. The summed E-state index contributed by atoms with van der Waals surface area (Å²) in [6, 6.07) is 11.7. The van der Waals surface area contributed by atoms with E-state index in [1.807, 2.05) is 18.7 Å². The Morgan fingerprint density at radius 1 is 0.833 bits per heavy atom. The van der Waals surface area contributed by atoms with Crippen LogP contribution in [0.15, 0.2) is 53.7 Å². The summed E-state index contributed by atoms with van der Waals surface area (Å²) in [6.07, 6.45) is 0. The summed E-state index contributed by atoms with van der Waals surface area (Å²) in [5, 5.41) is 6.48. The summed E-state index contributed by atoms with van der Waals surface area (Å²) in [5.41, 5.74) is 1.25. The van der Waals surface area contributed by atoms with Crippen molar-refractivity contribution >= 4 is 51.6 Å². The van der Waals surface area contributed by atoms with Gasteiger partial charge in [-0.2, -0.15) is 15.0 Å². The number of rotatable bonds is 7. The molecular formula is C20H20F2N6S2. The third kappa shape index (κ3) is 6.07. The van der Waals surface area contributed by atoms with E-state index < -0.39 is 0 Å². The minimum Gasteiger partial charge on any atom is -0.358 e. The predicted octanol–water partition coefficient (Wildman–Crippen LogP) is 5.36. The molecule has 0 amide bonds. The third-order valence-electron chi connectivity index (χ3n) is 4.02. The van der Waals surface area contributed by atoms with Crippen molar-refractivity contribution in [1.82, 2.24) is 19.9 Å². The Bertz CT molecular complexity index is 929. The Morgan fingerprint density at radius 3 is 1.67 bits per heavy atom. The molecule has 2 N–H and O–H groups in total. The van der Waals surface area contributed by atoms with Crippen molar-refractivity contribution in [3.05, 3.63) is 60.2 Å². The van der Waals surface area contributed by atoms with Crippen molar-refractivity contribution in [2.24, 2.45) is 0 Å². The van der Waals surface area contributed by atoms with Crippen LogP contribution in [-0.4, -0.2) is 37.3 Å². The number of hydrogen-bond donors (Lipinski definition) is 2. The molecule has 0 radical (unpaired) electrons. The van der Waals surface area contributed by atoms with E-state index in [-0.39, 0.29) is 23.5 Å². The van der Waals surface area contributed by atoms with Crippen LogP contribution < -0.4 is 10.6 Å². The summed E-state index contributed by atoms with van der Waals surface area (Å²) in [6.45, 7) is 5.59. The Hall–Kier alpha value is -2.85. The molecule has 0 atom stereocenters. The van der Waals surface area contributed by atoms with E-state index in [2.05, 4.69) is 25.6 Å². The van der Waals surface area contributed by atoms with Gasteiger partial charge in [0.1, 0.15) is 16.0 Å². The van der Waals surface area contributed by atoms with Gasteiger partial charge >= 0.3 is 0 Å². The maximum Gasteiger partial charge on any atom is 0.233 e. The average molecular weight is 447 g/mol. The number of hydrogen-bond acceptors (Lipinski definition) is 7. The smallest absolute Gasteiger partial charge is 0.233 e. The van der Waals surface area contributed by atoms with Gasteiger partial charge in [-0.15, -0.1) is 0 Å². The lowest BCUT2D eigenvalue weighted by Gasteiger charge is -2.20. The Labute approximate surface area is 183 Å². The fourth-order valence-corrected chi connectivity index (χ4v) is 3.75. The largest absolute Gasteiger partial charge is 0.358 e. The molecule has 0 saturated heterocycles. The van der Waals surface area contributed by atoms with E-state index in [0.717, 1.165) is 13.1 Å². The molecule has 10 heteroatoms. The van der Waals surface area contributed by atoms with Crippen molar-refractivity contribution in [2.75, 3.05) is 23.7 Å². The lowest BCUT2D eigenvalue weighted by atomic mass is 10.3. The highest BCUT2D eigenvalue weighted by Crippen LogP contribution is 2.24. The molecule has 2 aromatic carbocycles. The number of halogens is 2. The van der Waals surface area contributed by atoms with E-state index in [0.29, 0.717) is 20.9 Å². The van der Waals surface area contributed by atoms with Gasteiger partial charge in [-0.25, -0.2) is 8.78 Å². The number of thioether (sulfide) groups is 1. The van der Waals surface area contributed by atoms with Crippen molar-refractivity contribution in [2.45, 2.75) is 19.0 Å². The lowest BCUT2D eigenvalue weighted by molar-refractivity contribution is 0.482. The van der Waals surface area contributed by atoms with Crippen LogP contribution in [0.3, 0.4) is 0 Å². The van der Waals surface area contributed by atoms with Crippen LogP contribution in [0.5, 0.6) is 0 Å². The van der Waals surface area contributed by atoms with Gasteiger partial charge in [-0.3, -0.25) is 0 Å². The first-order valence-electron chi connectivity index (χ1n) is 9.24. The summed E-state index contributed by atoms with van der Waals surface area (Å²) in [4.78, 5) is 15.2. The van der Waals surface area contributed by atoms with Crippen molar-refractivity contribution in [1.29, 1.82) is 0 Å². The van der Waals surface area contributed by atoms with Crippen LogP contribution in [0.4, 0.5) is 32.1 Å². The van der Waals surface area contributed by atoms with Crippen LogP contribution in [0, 0.1) is 11.6 Å². The molecule has 0 bridgehead atoms. The molecule has 156 valence electrons. The van der Waals surface area contributed by atoms with Crippen LogP contribution in [0.2, 0.25) is 0 Å². The SMILES string of the molecule is CCN(CC)C(=S)Sc1nc(Nc2ccc(F)cc2)nc(Nc2ccc(F)cc2)n1. The lowest BCUT2D eigenvalue weighted by Crippen LogP contribution is -2.26. The van der Waals surface area contributed by atoms with Gasteiger partial charge in [0.15, 0.2) is 0 Å². The predicted molar refractivity (Wildman–Crippen MR) is 121 cm³/mol. The zero-order chi connectivity index (χ0) is 21.5.